The standard InChI is InChI=1S/C38H47N6O7P.C2HF3O2/c1-24(41-35(47)32(23-45)43-36(48)38-20-26-16-27(21-38)18-28(17-26)22-38)34(46)44-33(19-25-12-14-29(15-13-25)42-37(39)40)52(49,50-30-8-4-2-5-9-30)51-31-10-6-3-7-11-31;3-2(4,5)1(6)7/h2-15,24,26-28,32-33,45H,16-23H2,1H3,(H,41,47)(H,43,48)(H,44,46)(H4,39,40,42);(H,6,7)/t24-,26?,27?,28?,32+,33?,38?;/m0./s1. The molecule has 0 spiro atoms. The highest BCUT2D eigenvalue weighted by Gasteiger charge is 2.55. The van der Waals surface area contributed by atoms with Gasteiger partial charge in [0.2, 0.25) is 17.7 Å². The van der Waals surface area contributed by atoms with Crippen molar-refractivity contribution in [1.82, 2.24) is 16.0 Å². The summed E-state index contributed by atoms with van der Waals surface area (Å²) >= 11 is 0. The molecule has 3 aromatic carbocycles. The van der Waals surface area contributed by atoms with Gasteiger partial charge in [-0.05, 0) is 105 Å². The van der Waals surface area contributed by atoms with Crippen LogP contribution in [0.15, 0.2) is 89.9 Å². The van der Waals surface area contributed by atoms with E-state index >= 15 is 0 Å². The number of hydrogen-bond acceptors (Lipinski definition) is 9. The fraction of sp³-hybridized carbons (Fsp3) is 0.425. The van der Waals surface area contributed by atoms with Gasteiger partial charge in [0, 0.05) is 11.8 Å². The number of amides is 3. The van der Waals surface area contributed by atoms with Gasteiger partial charge in [-0.15, -0.1) is 0 Å². The third kappa shape index (κ3) is 12.0. The third-order valence-corrected chi connectivity index (χ3v) is 12.6. The number of nitrogens with one attached hydrogen (secondary N) is 3. The van der Waals surface area contributed by atoms with Crippen molar-refractivity contribution in [3.8, 4) is 11.5 Å². The van der Waals surface area contributed by atoms with Gasteiger partial charge in [-0.25, -0.2) is 14.4 Å². The van der Waals surface area contributed by atoms with Crippen molar-refractivity contribution < 1.29 is 56.2 Å². The molecule has 4 fully saturated rings. The van der Waals surface area contributed by atoms with E-state index in [1.807, 2.05) is 0 Å². The lowest BCUT2D eigenvalue weighted by Crippen LogP contribution is -2.59. The highest BCUT2D eigenvalue weighted by Crippen LogP contribution is 2.60. The van der Waals surface area contributed by atoms with Crippen LogP contribution in [0, 0.1) is 23.2 Å². The average molecular weight is 845 g/mol. The van der Waals surface area contributed by atoms with Crippen LogP contribution in [-0.2, 0) is 30.2 Å². The van der Waals surface area contributed by atoms with Crippen LogP contribution in [0.25, 0.3) is 0 Å². The van der Waals surface area contributed by atoms with Gasteiger partial charge in [0.25, 0.3) is 0 Å². The van der Waals surface area contributed by atoms with Crippen LogP contribution in [0.5, 0.6) is 11.5 Å². The fourth-order valence-corrected chi connectivity index (χ4v) is 10.1. The van der Waals surface area contributed by atoms with E-state index in [2.05, 4.69) is 20.9 Å². The first kappa shape index (κ1) is 44.5. The number of rotatable bonds is 15. The predicted octanol–water partition coefficient (Wildman–Crippen LogP) is 4.76. The molecule has 4 bridgehead atoms. The van der Waals surface area contributed by atoms with Crippen LogP contribution in [0.4, 0.5) is 18.9 Å². The number of halogens is 3. The Kier molecular flexibility index (Phi) is 14.3. The van der Waals surface area contributed by atoms with Gasteiger partial charge in [0.05, 0.1) is 12.3 Å². The van der Waals surface area contributed by atoms with Crippen molar-refractivity contribution in [1.29, 1.82) is 0 Å². The maximum atomic E-state index is 14.9. The molecule has 9 N–H and O–H groups in total. The monoisotopic (exact) mass is 844 g/mol. The summed E-state index contributed by atoms with van der Waals surface area (Å²) in [5, 5.41) is 25.5. The Hall–Kier alpha value is -5.61. The fourth-order valence-electron chi connectivity index (χ4n) is 8.29. The number of nitrogens with two attached hydrogens (primary N) is 2. The van der Waals surface area contributed by atoms with Crippen LogP contribution < -0.4 is 36.5 Å². The molecule has 4 saturated carbocycles. The number of aliphatic imine (C=N–C) groups is 1. The second-order valence-corrected chi connectivity index (χ2v) is 17.3. The summed E-state index contributed by atoms with van der Waals surface area (Å²) < 4.78 is 58.8. The van der Waals surface area contributed by atoms with E-state index < -0.39 is 61.4 Å². The molecule has 0 radical (unpaired) electrons. The van der Waals surface area contributed by atoms with E-state index in [0.29, 0.717) is 29.0 Å². The molecule has 0 aliphatic heterocycles. The van der Waals surface area contributed by atoms with E-state index in [0.717, 1.165) is 38.5 Å². The maximum absolute atomic E-state index is 14.9. The smallest absolute Gasteiger partial charge is 0.475 e. The number of guanidine groups is 1. The van der Waals surface area contributed by atoms with Crippen LogP contribution in [0.3, 0.4) is 0 Å². The molecule has 3 aromatic rings. The molecule has 15 nitrogen and oxygen atoms in total. The van der Waals surface area contributed by atoms with Gasteiger partial charge < -0.3 is 46.7 Å². The van der Waals surface area contributed by atoms with Gasteiger partial charge >= 0.3 is 19.7 Å². The quantitative estimate of drug-likeness (QED) is 0.0625. The number of carboxylic acid groups (broad SMARTS) is 1. The van der Waals surface area contributed by atoms with Crippen molar-refractivity contribution >= 4 is 42.9 Å². The lowest BCUT2D eigenvalue weighted by Gasteiger charge is -2.55. The number of carbonyl (C=O) groups is 4. The number of carboxylic acids is 1. The van der Waals surface area contributed by atoms with Crippen LogP contribution in [0.1, 0.15) is 51.0 Å². The van der Waals surface area contributed by atoms with Crippen molar-refractivity contribution in [2.45, 2.75) is 75.9 Å². The Morgan fingerprint density at radius 2 is 1.29 bits per heavy atom. The summed E-state index contributed by atoms with van der Waals surface area (Å²) in [5.41, 5.74) is 11.7. The topological polar surface area (TPSA) is 245 Å². The second-order valence-electron chi connectivity index (χ2n) is 15.2. The normalized spacial score (nSPS) is 21.9. The second kappa shape index (κ2) is 19.0. The lowest BCUT2D eigenvalue weighted by molar-refractivity contribution is -0.192. The number of benzene rings is 3. The Bertz CT molecular complexity index is 1940. The van der Waals surface area contributed by atoms with E-state index in [9.17, 15) is 37.2 Å². The SMILES string of the molecule is C[C@H](NC(=O)[C@@H](CO)NC(=O)C12CC3CC(CC(C3)C1)C2)C(=O)NC(Cc1ccc(N=C(N)N)cc1)P(=O)(Oc1ccccc1)Oc1ccccc1.O=C(O)C(F)(F)F. The van der Waals surface area contributed by atoms with Crippen molar-refractivity contribution in [3.63, 3.8) is 0 Å². The van der Waals surface area contributed by atoms with Gasteiger partial charge in [-0.2, -0.15) is 13.2 Å². The molecule has 0 heterocycles. The zero-order valence-electron chi connectivity index (χ0n) is 32.1. The largest absolute Gasteiger partial charge is 0.490 e. The minimum atomic E-state index is -5.08. The molecule has 318 valence electrons. The van der Waals surface area contributed by atoms with Gasteiger partial charge in [-0.3, -0.25) is 14.4 Å². The average Bonchev–Trinajstić information content (AvgIpc) is 3.17. The van der Waals surface area contributed by atoms with Gasteiger partial charge in [0.1, 0.15) is 23.6 Å². The lowest BCUT2D eigenvalue weighted by atomic mass is 9.49. The molecule has 19 heteroatoms. The summed E-state index contributed by atoms with van der Waals surface area (Å²) in [6.07, 6.45) is 0.799. The Balaban J connectivity index is 0.000000867. The summed E-state index contributed by atoms with van der Waals surface area (Å²) in [5.74, 6) is -3.63. The van der Waals surface area contributed by atoms with Crippen molar-refractivity contribution in [3.05, 3.63) is 90.5 Å². The molecule has 59 heavy (non-hydrogen) atoms. The maximum Gasteiger partial charge on any atom is 0.490 e. The van der Waals surface area contributed by atoms with Crippen LogP contribution >= 0.6 is 7.60 Å². The Morgan fingerprint density at radius 1 is 0.814 bits per heavy atom. The number of carbonyl (C=O) groups excluding carboxylic acids is 3. The summed E-state index contributed by atoms with van der Waals surface area (Å²) in [6.45, 7) is 0.826. The molecular weight excluding hydrogens is 796 g/mol. The minimum absolute atomic E-state index is 0.00810. The van der Waals surface area contributed by atoms with Gasteiger partial charge in [-0.1, -0.05) is 48.5 Å². The number of aliphatic hydroxyl groups excluding tert-OH is 1. The van der Waals surface area contributed by atoms with Crippen molar-refractivity contribution in [2.24, 2.45) is 39.6 Å². The summed E-state index contributed by atoms with van der Waals surface area (Å²) in [6, 6.07) is 21.3. The third-order valence-electron chi connectivity index (χ3n) is 10.6. The molecule has 0 saturated heterocycles. The Morgan fingerprint density at radius 3 is 1.71 bits per heavy atom. The first-order valence-electron chi connectivity index (χ1n) is 19.0. The van der Waals surface area contributed by atoms with E-state index in [1.54, 1.807) is 84.9 Å². The highest BCUT2D eigenvalue weighted by atomic mass is 31.2. The molecule has 0 aromatic heterocycles. The number of nitrogens with zero attached hydrogens (tertiary/aromatic N) is 1. The summed E-state index contributed by atoms with van der Waals surface area (Å²) in [4.78, 5) is 53.8. The Labute approximate surface area is 338 Å². The van der Waals surface area contributed by atoms with E-state index in [4.69, 9.17) is 30.4 Å². The number of aliphatic carboxylic acids is 1. The molecular formula is C40H48F3N6O9P. The molecule has 7 rings (SSSR count). The van der Waals surface area contributed by atoms with Crippen LogP contribution in [-0.4, -0.2) is 70.5 Å². The van der Waals surface area contributed by atoms with E-state index in [1.165, 1.54) is 6.92 Å². The van der Waals surface area contributed by atoms with Crippen molar-refractivity contribution in [2.75, 3.05) is 6.61 Å². The number of aliphatic hydroxyl groups is 1. The molecule has 3 atom stereocenters. The zero-order chi connectivity index (χ0) is 43.0. The van der Waals surface area contributed by atoms with Crippen LogP contribution in [0.2, 0.25) is 0 Å². The summed E-state index contributed by atoms with van der Waals surface area (Å²) in [7, 11) is -4.28. The van der Waals surface area contributed by atoms with E-state index in [-0.39, 0.29) is 29.8 Å². The predicted molar refractivity (Wildman–Crippen MR) is 210 cm³/mol. The molecule has 4 aliphatic carbocycles. The first-order chi connectivity index (χ1) is 27.9. The molecule has 3 amide bonds. The molecule has 1 unspecified atom stereocenters. The minimum Gasteiger partial charge on any atom is -0.475 e. The van der Waals surface area contributed by atoms with Gasteiger partial charge in [0.15, 0.2) is 11.7 Å². The number of para-hydroxylation sites is 2. The number of alkyl halides is 3. The molecule has 4 aliphatic rings. The number of hydrogen-bond donors (Lipinski definition) is 7. The zero-order valence-corrected chi connectivity index (χ0v) is 33.0. The highest BCUT2D eigenvalue weighted by molar-refractivity contribution is 7.55. The first-order valence-corrected chi connectivity index (χ1v) is 20.6.